The van der Waals surface area contributed by atoms with Crippen LogP contribution in [0.2, 0.25) is 0 Å². The fourth-order valence-electron chi connectivity index (χ4n) is 2.18. The lowest BCUT2D eigenvalue weighted by Crippen LogP contribution is -2.29. The van der Waals surface area contributed by atoms with E-state index in [2.05, 4.69) is 15.3 Å². The standard InChI is InChI=1S/C16H21N3O2/c1-5-12(13-9-7-8-10(3)17-13)19-16(20)15-11(4)18-14(6-2)21-15/h7-9,12H,5-6H2,1-4H3,(H,19,20)/t12-/m0/s1. The zero-order chi connectivity index (χ0) is 15.4. The topological polar surface area (TPSA) is 68.0 Å². The molecule has 0 unspecified atom stereocenters. The number of carbonyl (C=O) groups excluding carboxylic acids is 1. The molecule has 2 rings (SSSR count). The van der Waals surface area contributed by atoms with Gasteiger partial charge in [-0.3, -0.25) is 9.78 Å². The van der Waals surface area contributed by atoms with Gasteiger partial charge in [-0.25, -0.2) is 4.98 Å². The summed E-state index contributed by atoms with van der Waals surface area (Å²) in [5, 5.41) is 2.97. The molecular weight excluding hydrogens is 266 g/mol. The maximum Gasteiger partial charge on any atom is 0.289 e. The van der Waals surface area contributed by atoms with Crippen LogP contribution in [0.1, 0.15) is 59.8 Å². The Morgan fingerprint density at radius 1 is 1.29 bits per heavy atom. The number of aryl methyl sites for hydroxylation is 3. The first kappa shape index (κ1) is 15.2. The van der Waals surface area contributed by atoms with E-state index in [-0.39, 0.29) is 17.7 Å². The number of carbonyl (C=O) groups is 1. The molecule has 0 aliphatic rings. The van der Waals surface area contributed by atoms with E-state index in [0.717, 1.165) is 17.8 Å². The van der Waals surface area contributed by atoms with E-state index in [1.54, 1.807) is 6.92 Å². The van der Waals surface area contributed by atoms with E-state index in [9.17, 15) is 4.79 Å². The highest BCUT2D eigenvalue weighted by Gasteiger charge is 2.21. The summed E-state index contributed by atoms with van der Waals surface area (Å²) in [6.07, 6.45) is 1.43. The Morgan fingerprint density at radius 2 is 2.05 bits per heavy atom. The van der Waals surface area contributed by atoms with Crippen molar-refractivity contribution < 1.29 is 9.21 Å². The summed E-state index contributed by atoms with van der Waals surface area (Å²) in [6, 6.07) is 5.67. The molecule has 0 aliphatic heterocycles. The molecule has 1 N–H and O–H groups in total. The first-order valence-corrected chi connectivity index (χ1v) is 7.25. The predicted molar refractivity (Wildman–Crippen MR) is 80.1 cm³/mol. The molecule has 0 spiro atoms. The first-order chi connectivity index (χ1) is 10.0. The summed E-state index contributed by atoms with van der Waals surface area (Å²) < 4.78 is 5.49. The lowest BCUT2D eigenvalue weighted by Gasteiger charge is -2.16. The Labute approximate surface area is 124 Å². The lowest BCUT2D eigenvalue weighted by molar-refractivity contribution is 0.0904. The minimum absolute atomic E-state index is 0.132. The average Bonchev–Trinajstić information content (AvgIpc) is 2.85. The molecular formula is C16H21N3O2. The number of oxazole rings is 1. The van der Waals surface area contributed by atoms with Crippen molar-refractivity contribution in [1.29, 1.82) is 0 Å². The van der Waals surface area contributed by atoms with Crippen molar-refractivity contribution in [2.75, 3.05) is 0 Å². The minimum atomic E-state index is -0.241. The van der Waals surface area contributed by atoms with Gasteiger partial charge in [0.2, 0.25) is 5.76 Å². The molecule has 0 fully saturated rings. The molecule has 0 aliphatic carbocycles. The number of amides is 1. The van der Waals surface area contributed by atoms with Crippen molar-refractivity contribution in [3.8, 4) is 0 Å². The van der Waals surface area contributed by atoms with Crippen molar-refractivity contribution in [3.05, 3.63) is 46.9 Å². The molecule has 0 aromatic carbocycles. The molecule has 0 bridgehead atoms. The summed E-state index contributed by atoms with van der Waals surface area (Å²) >= 11 is 0. The van der Waals surface area contributed by atoms with Gasteiger partial charge < -0.3 is 9.73 Å². The predicted octanol–water partition coefficient (Wildman–Crippen LogP) is 3.13. The second-order valence-electron chi connectivity index (χ2n) is 5.01. The quantitative estimate of drug-likeness (QED) is 0.917. The zero-order valence-electron chi connectivity index (χ0n) is 12.9. The minimum Gasteiger partial charge on any atom is -0.435 e. The van der Waals surface area contributed by atoms with Crippen LogP contribution in [0.4, 0.5) is 0 Å². The fourth-order valence-corrected chi connectivity index (χ4v) is 2.18. The third kappa shape index (κ3) is 3.48. The number of rotatable bonds is 5. The first-order valence-electron chi connectivity index (χ1n) is 7.25. The SMILES string of the molecule is CCc1nc(C)c(C(=O)N[C@@H](CC)c2cccc(C)n2)o1. The van der Waals surface area contributed by atoms with Gasteiger partial charge in [0.25, 0.3) is 5.91 Å². The third-order valence-corrected chi connectivity index (χ3v) is 3.33. The number of aromatic nitrogens is 2. The summed E-state index contributed by atoms with van der Waals surface area (Å²) in [5.74, 6) is 0.632. The molecule has 21 heavy (non-hydrogen) atoms. The largest absolute Gasteiger partial charge is 0.435 e. The van der Waals surface area contributed by atoms with Gasteiger partial charge in [-0.2, -0.15) is 0 Å². The van der Waals surface area contributed by atoms with Crippen LogP contribution in [-0.2, 0) is 6.42 Å². The van der Waals surface area contributed by atoms with E-state index >= 15 is 0 Å². The highest BCUT2D eigenvalue weighted by molar-refractivity contribution is 5.92. The molecule has 2 heterocycles. The second-order valence-corrected chi connectivity index (χ2v) is 5.01. The van der Waals surface area contributed by atoms with Gasteiger partial charge in [-0.05, 0) is 32.4 Å². The Balaban J connectivity index is 2.18. The van der Waals surface area contributed by atoms with Crippen LogP contribution in [0.25, 0.3) is 0 Å². The van der Waals surface area contributed by atoms with Gasteiger partial charge in [0.15, 0.2) is 5.89 Å². The molecule has 0 saturated heterocycles. The normalized spacial score (nSPS) is 12.2. The van der Waals surface area contributed by atoms with Crippen LogP contribution >= 0.6 is 0 Å². The van der Waals surface area contributed by atoms with E-state index < -0.39 is 0 Å². The number of hydrogen-bond acceptors (Lipinski definition) is 4. The van der Waals surface area contributed by atoms with Crippen LogP contribution in [0.3, 0.4) is 0 Å². The molecule has 2 aromatic heterocycles. The summed E-state index contributed by atoms with van der Waals surface area (Å²) in [7, 11) is 0. The van der Waals surface area contributed by atoms with Crippen molar-refractivity contribution in [3.63, 3.8) is 0 Å². The fraction of sp³-hybridized carbons (Fsp3) is 0.438. The Kier molecular flexibility index (Phi) is 4.73. The highest BCUT2D eigenvalue weighted by atomic mass is 16.4. The molecule has 112 valence electrons. The molecule has 5 heteroatoms. The Morgan fingerprint density at radius 3 is 2.62 bits per heavy atom. The lowest BCUT2D eigenvalue weighted by atomic mass is 10.1. The third-order valence-electron chi connectivity index (χ3n) is 3.33. The van der Waals surface area contributed by atoms with Gasteiger partial charge in [0, 0.05) is 12.1 Å². The Bertz CT molecular complexity index is 634. The van der Waals surface area contributed by atoms with Gasteiger partial charge in [-0.1, -0.05) is 19.9 Å². The molecule has 0 saturated carbocycles. The Hall–Kier alpha value is -2.17. The van der Waals surface area contributed by atoms with Crippen LogP contribution < -0.4 is 5.32 Å². The summed E-state index contributed by atoms with van der Waals surface area (Å²) in [5.41, 5.74) is 2.42. The van der Waals surface area contributed by atoms with Crippen molar-refractivity contribution >= 4 is 5.91 Å². The van der Waals surface area contributed by atoms with Crippen LogP contribution in [0, 0.1) is 13.8 Å². The van der Waals surface area contributed by atoms with Gasteiger partial charge in [-0.15, -0.1) is 0 Å². The maximum absolute atomic E-state index is 12.3. The van der Waals surface area contributed by atoms with Crippen LogP contribution in [-0.4, -0.2) is 15.9 Å². The molecule has 5 nitrogen and oxygen atoms in total. The van der Waals surface area contributed by atoms with Gasteiger partial charge >= 0.3 is 0 Å². The van der Waals surface area contributed by atoms with Gasteiger partial charge in [0.1, 0.15) is 0 Å². The molecule has 0 radical (unpaired) electrons. The van der Waals surface area contributed by atoms with Crippen molar-refractivity contribution in [2.45, 2.75) is 46.6 Å². The van der Waals surface area contributed by atoms with E-state index in [0.29, 0.717) is 18.0 Å². The zero-order valence-corrected chi connectivity index (χ0v) is 12.9. The average molecular weight is 287 g/mol. The second kappa shape index (κ2) is 6.52. The monoisotopic (exact) mass is 287 g/mol. The number of nitrogens with one attached hydrogen (secondary N) is 1. The van der Waals surface area contributed by atoms with Crippen molar-refractivity contribution in [1.82, 2.24) is 15.3 Å². The number of nitrogens with zero attached hydrogens (tertiary/aromatic N) is 2. The maximum atomic E-state index is 12.3. The smallest absolute Gasteiger partial charge is 0.289 e. The van der Waals surface area contributed by atoms with E-state index in [1.165, 1.54) is 0 Å². The summed E-state index contributed by atoms with van der Waals surface area (Å²) in [4.78, 5) is 21.1. The van der Waals surface area contributed by atoms with Crippen molar-refractivity contribution in [2.24, 2.45) is 0 Å². The molecule has 2 aromatic rings. The van der Waals surface area contributed by atoms with Gasteiger partial charge in [0.05, 0.1) is 17.4 Å². The summed E-state index contributed by atoms with van der Waals surface area (Å²) in [6.45, 7) is 7.67. The number of hydrogen-bond donors (Lipinski definition) is 1. The van der Waals surface area contributed by atoms with E-state index in [4.69, 9.17) is 4.42 Å². The van der Waals surface area contributed by atoms with E-state index in [1.807, 2.05) is 39.0 Å². The number of pyridine rings is 1. The van der Waals surface area contributed by atoms with Crippen LogP contribution in [0.15, 0.2) is 22.6 Å². The highest BCUT2D eigenvalue weighted by Crippen LogP contribution is 2.17. The molecule has 1 amide bonds. The molecule has 1 atom stereocenters. The van der Waals surface area contributed by atoms with Crippen LogP contribution in [0.5, 0.6) is 0 Å².